The summed E-state index contributed by atoms with van der Waals surface area (Å²) in [6.45, 7) is 0. The van der Waals surface area contributed by atoms with Gasteiger partial charge in [-0.05, 0) is 18.2 Å². The van der Waals surface area contributed by atoms with E-state index in [1.165, 1.54) is 30.0 Å². The van der Waals surface area contributed by atoms with E-state index in [9.17, 15) is 9.18 Å². The molecule has 18 heavy (non-hydrogen) atoms. The third kappa shape index (κ3) is 3.24. The van der Waals surface area contributed by atoms with Gasteiger partial charge in [0.15, 0.2) is 5.16 Å². The molecule has 1 aromatic heterocycles. The van der Waals surface area contributed by atoms with Crippen molar-refractivity contribution in [3.63, 3.8) is 0 Å². The number of aromatic amines is 1. The van der Waals surface area contributed by atoms with E-state index in [0.29, 0.717) is 10.8 Å². The van der Waals surface area contributed by atoms with Gasteiger partial charge in [0.25, 0.3) is 0 Å². The first-order valence-electron chi connectivity index (χ1n) is 5.12. The number of amides is 1. The predicted octanol–water partition coefficient (Wildman–Crippen LogP) is 1.86. The number of hydrogen-bond donors (Lipinski definition) is 3. The highest BCUT2D eigenvalue weighted by Gasteiger charge is 2.06. The monoisotopic (exact) mass is 266 g/mol. The number of imidazole rings is 1. The average molecular weight is 266 g/mol. The number of rotatable bonds is 4. The summed E-state index contributed by atoms with van der Waals surface area (Å²) in [6.07, 6.45) is 3.29. The number of benzene rings is 1. The van der Waals surface area contributed by atoms with Gasteiger partial charge in [-0.3, -0.25) is 4.79 Å². The predicted molar refractivity (Wildman–Crippen MR) is 68.8 cm³/mol. The molecule has 0 unspecified atom stereocenters. The molecule has 5 nitrogen and oxygen atoms in total. The molecule has 0 aliphatic carbocycles. The average Bonchev–Trinajstić information content (AvgIpc) is 2.84. The molecule has 94 valence electrons. The lowest BCUT2D eigenvalue weighted by Gasteiger charge is -2.05. The first kappa shape index (κ1) is 12.4. The fraction of sp³-hybridized carbons (Fsp3) is 0.0909. The lowest BCUT2D eigenvalue weighted by molar-refractivity contribution is -0.113. The number of nitrogens with zero attached hydrogens (tertiary/aromatic N) is 1. The first-order valence-corrected chi connectivity index (χ1v) is 6.11. The Bertz CT molecular complexity index is 544. The SMILES string of the molecule is Nc1cc(NC(=O)CSc2ncc[nH]2)ccc1F. The molecule has 0 atom stereocenters. The molecular formula is C11H11FN4OS. The van der Waals surface area contributed by atoms with Crippen LogP contribution in [0.4, 0.5) is 15.8 Å². The molecule has 0 bridgehead atoms. The largest absolute Gasteiger partial charge is 0.396 e. The maximum atomic E-state index is 12.9. The van der Waals surface area contributed by atoms with E-state index in [1.807, 2.05) is 0 Å². The van der Waals surface area contributed by atoms with Crippen LogP contribution in [-0.2, 0) is 4.79 Å². The molecule has 0 radical (unpaired) electrons. The van der Waals surface area contributed by atoms with Gasteiger partial charge in [-0.2, -0.15) is 0 Å². The van der Waals surface area contributed by atoms with E-state index >= 15 is 0 Å². The smallest absolute Gasteiger partial charge is 0.234 e. The molecule has 0 aliphatic rings. The minimum Gasteiger partial charge on any atom is -0.396 e. The second-order valence-electron chi connectivity index (χ2n) is 3.47. The molecule has 0 saturated heterocycles. The van der Waals surface area contributed by atoms with Crippen molar-refractivity contribution in [3.8, 4) is 0 Å². The van der Waals surface area contributed by atoms with E-state index < -0.39 is 5.82 Å². The zero-order valence-corrected chi connectivity index (χ0v) is 10.1. The van der Waals surface area contributed by atoms with E-state index in [0.717, 1.165) is 0 Å². The molecule has 0 saturated carbocycles. The Balaban J connectivity index is 1.88. The summed E-state index contributed by atoms with van der Waals surface area (Å²) < 4.78 is 12.9. The number of H-pyrrole nitrogens is 1. The van der Waals surface area contributed by atoms with Crippen molar-refractivity contribution in [1.29, 1.82) is 0 Å². The normalized spacial score (nSPS) is 10.3. The number of nitrogen functional groups attached to an aromatic ring is 1. The molecule has 2 rings (SSSR count). The van der Waals surface area contributed by atoms with Crippen LogP contribution in [0.25, 0.3) is 0 Å². The number of nitrogens with two attached hydrogens (primary N) is 1. The van der Waals surface area contributed by atoms with E-state index in [4.69, 9.17) is 5.73 Å². The van der Waals surface area contributed by atoms with Gasteiger partial charge in [0.05, 0.1) is 11.4 Å². The number of hydrogen-bond acceptors (Lipinski definition) is 4. The van der Waals surface area contributed by atoms with Gasteiger partial charge < -0.3 is 16.0 Å². The second-order valence-corrected chi connectivity index (χ2v) is 4.43. The summed E-state index contributed by atoms with van der Waals surface area (Å²) in [5.74, 6) is -0.495. The topological polar surface area (TPSA) is 83.8 Å². The standard InChI is InChI=1S/C11H11FN4OS/c12-8-2-1-7(5-9(8)13)16-10(17)6-18-11-14-3-4-15-11/h1-5H,6,13H2,(H,14,15)(H,16,17). The fourth-order valence-electron chi connectivity index (χ4n) is 1.28. The number of halogens is 1. The van der Waals surface area contributed by atoms with Crippen molar-refractivity contribution in [2.45, 2.75) is 5.16 Å². The zero-order chi connectivity index (χ0) is 13.0. The van der Waals surface area contributed by atoms with Crippen LogP contribution >= 0.6 is 11.8 Å². The van der Waals surface area contributed by atoms with Crippen molar-refractivity contribution in [2.24, 2.45) is 0 Å². The van der Waals surface area contributed by atoms with Crippen molar-refractivity contribution in [3.05, 3.63) is 36.4 Å². The molecule has 2 aromatic rings. The molecule has 0 fully saturated rings. The number of anilines is 2. The number of carbonyl (C=O) groups is 1. The highest BCUT2D eigenvalue weighted by molar-refractivity contribution is 7.99. The Morgan fingerprint density at radius 2 is 2.39 bits per heavy atom. The third-order valence-corrected chi connectivity index (χ3v) is 3.00. The summed E-state index contributed by atoms with van der Waals surface area (Å²) in [6, 6.07) is 4.05. The van der Waals surface area contributed by atoms with E-state index in [2.05, 4.69) is 15.3 Å². The van der Waals surface area contributed by atoms with Crippen molar-refractivity contribution < 1.29 is 9.18 Å². The lowest BCUT2D eigenvalue weighted by Crippen LogP contribution is -2.14. The Hall–Kier alpha value is -2.02. The van der Waals surface area contributed by atoms with Crippen LogP contribution in [0, 0.1) is 5.82 Å². The van der Waals surface area contributed by atoms with E-state index in [-0.39, 0.29) is 17.3 Å². The quantitative estimate of drug-likeness (QED) is 0.582. The van der Waals surface area contributed by atoms with Crippen molar-refractivity contribution in [2.75, 3.05) is 16.8 Å². The van der Waals surface area contributed by atoms with Gasteiger partial charge >= 0.3 is 0 Å². The van der Waals surface area contributed by atoms with Gasteiger partial charge in [-0.1, -0.05) is 11.8 Å². The summed E-state index contributed by atoms with van der Waals surface area (Å²) in [5, 5.41) is 3.29. The van der Waals surface area contributed by atoms with Crippen LogP contribution < -0.4 is 11.1 Å². The molecule has 0 spiro atoms. The summed E-state index contributed by atoms with van der Waals surface area (Å²) >= 11 is 1.28. The minimum atomic E-state index is -0.502. The zero-order valence-electron chi connectivity index (χ0n) is 9.31. The number of carbonyl (C=O) groups excluding carboxylic acids is 1. The minimum absolute atomic E-state index is 0.00601. The van der Waals surface area contributed by atoms with Gasteiger partial charge in [-0.15, -0.1) is 0 Å². The molecule has 4 N–H and O–H groups in total. The maximum Gasteiger partial charge on any atom is 0.234 e. The highest BCUT2D eigenvalue weighted by atomic mass is 32.2. The summed E-state index contributed by atoms with van der Waals surface area (Å²) in [5.41, 5.74) is 5.88. The molecular weight excluding hydrogens is 255 g/mol. The molecule has 1 aromatic carbocycles. The van der Waals surface area contributed by atoms with Crippen LogP contribution in [0.5, 0.6) is 0 Å². The van der Waals surface area contributed by atoms with Gasteiger partial charge in [-0.25, -0.2) is 9.37 Å². The van der Waals surface area contributed by atoms with Crippen LogP contribution in [0.1, 0.15) is 0 Å². The van der Waals surface area contributed by atoms with Gasteiger partial charge in [0, 0.05) is 18.1 Å². The van der Waals surface area contributed by atoms with Crippen molar-refractivity contribution in [1.82, 2.24) is 9.97 Å². The Labute approximate surface area is 107 Å². The van der Waals surface area contributed by atoms with Crippen LogP contribution in [-0.4, -0.2) is 21.6 Å². The number of thioether (sulfide) groups is 1. The lowest BCUT2D eigenvalue weighted by atomic mass is 10.2. The Morgan fingerprint density at radius 1 is 1.56 bits per heavy atom. The van der Waals surface area contributed by atoms with Crippen molar-refractivity contribution >= 4 is 29.0 Å². The summed E-state index contributed by atoms with van der Waals surface area (Å²) in [4.78, 5) is 18.4. The summed E-state index contributed by atoms with van der Waals surface area (Å²) in [7, 11) is 0. The molecule has 1 heterocycles. The fourth-order valence-corrected chi connectivity index (χ4v) is 1.91. The van der Waals surface area contributed by atoms with Gasteiger partial charge in [0.1, 0.15) is 5.82 Å². The van der Waals surface area contributed by atoms with Crippen LogP contribution in [0.15, 0.2) is 35.7 Å². The second kappa shape index (κ2) is 5.54. The third-order valence-electron chi connectivity index (χ3n) is 2.09. The Kier molecular flexibility index (Phi) is 3.83. The maximum absolute atomic E-state index is 12.9. The number of nitrogens with one attached hydrogen (secondary N) is 2. The highest BCUT2D eigenvalue weighted by Crippen LogP contribution is 2.17. The molecule has 0 aliphatic heterocycles. The Morgan fingerprint density at radius 3 is 3.06 bits per heavy atom. The van der Waals surface area contributed by atoms with E-state index in [1.54, 1.807) is 12.4 Å². The number of aromatic nitrogens is 2. The molecule has 1 amide bonds. The van der Waals surface area contributed by atoms with Gasteiger partial charge in [0.2, 0.25) is 5.91 Å². The molecule has 7 heteroatoms. The first-order chi connectivity index (χ1) is 8.65. The van der Waals surface area contributed by atoms with Crippen LogP contribution in [0.3, 0.4) is 0 Å². The van der Waals surface area contributed by atoms with Crippen LogP contribution in [0.2, 0.25) is 0 Å².